The van der Waals surface area contributed by atoms with Crippen molar-refractivity contribution in [1.82, 2.24) is 10.2 Å². The quantitative estimate of drug-likeness (QED) is 0.525. The minimum atomic E-state index is 0.323. The molecule has 3 atom stereocenters. The normalized spacial score (nSPS) is 44.7. The van der Waals surface area contributed by atoms with Crippen molar-refractivity contribution >= 4 is 0 Å². The van der Waals surface area contributed by atoms with Crippen LogP contribution in [0.1, 0.15) is 6.42 Å². The van der Waals surface area contributed by atoms with Gasteiger partial charge in [-0.25, -0.2) is 0 Å². The number of likely N-dealkylation sites (N-methyl/N-ethyl adjacent to an activating group) is 1. The smallest absolute Gasteiger partial charge is 0.0586 e. The van der Waals surface area contributed by atoms with Gasteiger partial charge in [0.2, 0.25) is 0 Å². The summed E-state index contributed by atoms with van der Waals surface area (Å²) in [4.78, 5) is 2.32. The van der Waals surface area contributed by atoms with E-state index in [2.05, 4.69) is 17.3 Å². The van der Waals surface area contributed by atoms with Gasteiger partial charge in [0.15, 0.2) is 0 Å². The summed E-state index contributed by atoms with van der Waals surface area (Å²) in [6.45, 7) is 2.58. The van der Waals surface area contributed by atoms with Crippen LogP contribution in [-0.4, -0.2) is 48.8 Å². The number of likely N-dealkylation sites (tertiary alicyclic amines) is 1. The summed E-state index contributed by atoms with van der Waals surface area (Å²) in [5, 5.41) is 12.4. The second kappa shape index (κ2) is 2.73. The fourth-order valence-electron chi connectivity index (χ4n) is 2.43. The number of rotatable bonds is 1. The molecule has 3 heteroatoms. The number of fused-ring (bicyclic) bond motifs is 1. The molecule has 0 unspecified atom stereocenters. The van der Waals surface area contributed by atoms with Crippen LogP contribution in [0.15, 0.2) is 0 Å². The van der Waals surface area contributed by atoms with Crippen molar-refractivity contribution < 1.29 is 5.11 Å². The average Bonchev–Trinajstić information content (AvgIpc) is 2.53. The van der Waals surface area contributed by atoms with E-state index in [1.54, 1.807) is 0 Å². The molecule has 2 rings (SSSR count). The van der Waals surface area contributed by atoms with Crippen LogP contribution >= 0.6 is 0 Å². The van der Waals surface area contributed by atoms with E-state index in [1.807, 2.05) is 0 Å². The highest BCUT2D eigenvalue weighted by Crippen LogP contribution is 2.30. The Bertz CT molecular complexity index is 151. The van der Waals surface area contributed by atoms with Crippen molar-refractivity contribution in [3.63, 3.8) is 0 Å². The predicted octanol–water partition coefficient (Wildman–Crippen LogP) is -0.729. The molecule has 64 valence electrons. The summed E-state index contributed by atoms with van der Waals surface area (Å²) in [6.07, 6.45) is 1.17. The molecule has 2 N–H and O–H groups in total. The summed E-state index contributed by atoms with van der Waals surface area (Å²) < 4.78 is 0. The number of aliphatic hydroxyl groups is 1. The molecule has 0 aliphatic carbocycles. The van der Waals surface area contributed by atoms with Crippen molar-refractivity contribution in [2.45, 2.75) is 18.5 Å². The van der Waals surface area contributed by atoms with E-state index in [-0.39, 0.29) is 0 Å². The van der Waals surface area contributed by atoms with E-state index in [0.717, 1.165) is 19.0 Å². The summed E-state index contributed by atoms with van der Waals surface area (Å²) in [5.41, 5.74) is 0. The highest BCUT2D eigenvalue weighted by Gasteiger charge is 2.40. The topological polar surface area (TPSA) is 35.5 Å². The third-order valence-electron chi connectivity index (χ3n) is 3.19. The van der Waals surface area contributed by atoms with E-state index in [1.165, 1.54) is 6.42 Å². The predicted molar refractivity (Wildman–Crippen MR) is 43.4 cm³/mol. The maximum absolute atomic E-state index is 9.03. The van der Waals surface area contributed by atoms with Gasteiger partial charge in [0.25, 0.3) is 0 Å². The molecule has 2 saturated heterocycles. The third-order valence-corrected chi connectivity index (χ3v) is 3.19. The van der Waals surface area contributed by atoms with Crippen molar-refractivity contribution in [3.05, 3.63) is 0 Å². The maximum atomic E-state index is 9.03. The first-order valence-electron chi connectivity index (χ1n) is 4.36. The Morgan fingerprint density at radius 2 is 2.36 bits per heavy atom. The first-order valence-corrected chi connectivity index (χ1v) is 4.36. The Kier molecular flexibility index (Phi) is 1.87. The maximum Gasteiger partial charge on any atom is 0.0586 e. The van der Waals surface area contributed by atoms with Crippen molar-refractivity contribution in [3.8, 4) is 0 Å². The Morgan fingerprint density at radius 1 is 1.55 bits per heavy atom. The minimum Gasteiger partial charge on any atom is -0.395 e. The summed E-state index contributed by atoms with van der Waals surface area (Å²) >= 11 is 0. The monoisotopic (exact) mass is 156 g/mol. The number of nitrogens with zero attached hydrogens (tertiary/aromatic N) is 1. The standard InChI is InChI=1S/C8H16N2O/c1-10-7(5-11)2-6-3-9-4-8(6)10/h6-9,11H,2-5H2,1H3/t6-,7-,8+/m0/s1. The van der Waals surface area contributed by atoms with Crippen LogP contribution in [0.25, 0.3) is 0 Å². The summed E-state index contributed by atoms with van der Waals surface area (Å²) in [5.74, 6) is 0.789. The Labute approximate surface area is 67.4 Å². The van der Waals surface area contributed by atoms with E-state index >= 15 is 0 Å². The molecule has 0 radical (unpaired) electrons. The largest absolute Gasteiger partial charge is 0.395 e. The molecule has 0 amide bonds. The molecular formula is C8H16N2O. The van der Waals surface area contributed by atoms with Crippen LogP contribution in [0.4, 0.5) is 0 Å². The highest BCUT2D eigenvalue weighted by atomic mass is 16.3. The van der Waals surface area contributed by atoms with Crippen LogP contribution < -0.4 is 5.32 Å². The molecule has 2 heterocycles. The molecule has 3 nitrogen and oxygen atoms in total. The van der Waals surface area contributed by atoms with Crippen molar-refractivity contribution in [2.75, 3.05) is 26.7 Å². The van der Waals surface area contributed by atoms with Crippen LogP contribution in [0, 0.1) is 5.92 Å². The fourth-order valence-corrected chi connectivity index (χ4v) is 2.43. The van der Waals surface area contributed by atoms with Gasteiger partial charge < -0.3 is 10.4 Å². The van der Waals surface area contributed by atoms with Gasteiger partial charge in [0.05, 0.1) is 6.61 Å². The van der Waals surface area contributed by atoms with E-state index in [9.17, 15) is 0 Å². The molecule has 2 aliphatic rings. The Hall–Kier alpha value is -0.120. The first kappa shape index (κ1) is 7.53. The lowest BCUT2D eigenvalue weighted by atomic mass is 10.0. The number of hydrogen-bond acceptors (Lipinski definition) is 3. The van der Waals surface area contributed by atoms with Gasteiger partial charge >= 0.3 is 0 Å². The molecule has 0 spiro atoms. The molecular weight excluding hydrogens is 140 g/mol. The lowest BCUT2D eigenvalue weighted by Crippen LogP contribution is -2.37. The minimum absolute atomic E-state index is 0.323. The van der Waals surface area contributed by atoms with Gasteiger partial charge in [-0.15, -0.1) is 0 Å². The van der Waals surface area contributed by atoms with Crippen LogP contribution in [-0.2, 0) is 0 Å². The SMILES string of the molecule is CN1[C@H](CO)C[C@H]2CNC[C@H]21. The zero-order valence-electron chi connectivity index (χ0n) is 6.95. The van der Waals surface area contributed by atoms with Gasteiger partial charge in [0, 0.05) is 18.6 Å². The molecule has 0 bridgehead atoms. The Morgan fingerprint density at radius 3 is 3.00 bits per heavy atom. The summed E-state index contributed by atoms with van der Waals surface area (Å²) in [6, 6.07) is 1.11. The molecule has 0 saturated carbocycles. The van der Waals surface area contributed by atoms with E-state index in [4.69, 9.17) is 5.11 Å². The number of aliphatic hydroxyl groups excluding tert-OH is 1. The van der Waals surface area contributed by atoms with Crippen molar-refractivity contribution in [2.24, 2.45) is 5.92 Å². The van der Waals surface area contributed by atoms with Crippen molar-refractivity contribution in [1.29, 1.82) is 0 Å². The van der Waals surface area contributed by atoms with Crippen LogP contribution in [0.2, 0.25) is 0 Å². The first-order chi connectivity index (χ1) is 5.33. The summed E-state index contributed by atoms with van der Waals surface area (Å²) in [7, 11) is 2.12. The van der Waals surface area contributed by atoms with Crippen LogP contribution in [0.5, 0.6) is 0 Å². The lowest BCUT2D eigenvalue weighted by molar-refractivity contribution is 0.157. The molecule has 2 aliphatic heterocycles. The average molecular weight is 156 g/mol. The van der Waals surface area contributed by atoms with Gasteiger partial charge in [-0.05, 0) is 25.9 Å². The highest BCUT2D eigenvalue weighted by molar-refractivity contribution is 4.97. The van der Waals surface area contributed by atoms with Crippen LogP contribution in [0.3, 0.4) is 0 Å². The number of nitrogens with one attached hydrogen (secondary N) is 1. The Balaban J connectivity index is 2.04. The second-order valence-electron chi connectivity index (χ2n) is 3.72. The molecule has 2 fully saturated rings. The van der Waals surface area contributed by atoms with Gasteiger partial charge in [0.1, 0.15) is 0 Å². The fraction of sp³-hybridized carbons (Fsp3) is 1.00. The van der Waals surface area contributed by atoms with Gasteiger partial charge in [-0.2, -0.15) is 0 Å². The number of hydrogen-bond donors (Lipinski definition) is 2. The lowest BCUT2D eigenvalue weighted by Gasteiger charge is -2.22. The van der Waals surface area contributed by atoms with E-state index < -0.39 is 0 Å². The second-order valence-corrected chi connectivity index (χ2v) is 3.72. The van der Waals surface area contributed by atoms with Gasteiger partial charge in [-0.1, -0.05) is 0 Å². The third kappa shape index (κ3) is 1.08. The molecule has 0 aromatic rings. The molecule has 0 aromatic carbocycles. The van der Waals surface area contributed by atoms with Gasteiger partial charge in [-0.3, -0.25) is 4.90 Å². The van der Waals surface area contributed by atoms with E-state index in [0.29, 0.717) is 18.7 Å². The zero-order chi connectivity index (χ0) is 7.84. The zero-order valence-corrected chi connectivity index (χ0v) is 6.95. The molecule has 11 heavy (non-hydrogen) atoms. The molecule has 0 aromatic heterocycles.